The van der Waals surface area contributed by atoms with E-state index in [9.17, 15) is 0 Å². The van der Waals surface area contributed by atoms with Gasteiger partial charge in [0.05, 0.1) is 0 Å². The van der Waals surface area contributed by atoms with Crippen LogP contribution in [0.3, 0.4) is 0 Å². The summed E-state index contributed by atoms with van der Waals surface area (Å²) in [5, 5.41) is 2.80. The van der Waals surface area contributed by atoms with Gasteiger partial charge in [0.15, 0.2) is 0 Å². The van der Waals surface area contributed by atoms with Crippen LogP contribution in [-0.2, 0) is 6.42 Å². The maximum atomic E-state index is 4.47. The maximum absolute atomic E-state index is 4.47. The number of fused-ring (bicyclic) bond motifs is 2. The molecule has 0 bridgehead atoms. The van der Waals surface area contributed by atoms with E-state index in [1.54, 1.807) is 0 Å². The van der Waals surface area contributed by atoms with E-state index in [-0.39, 0.29) is 24.8 Å². The topological polar surface area (TPSA) is 12.9 Å². The Hall–Kier alpha value is -1.22. The standard InChI is InChI=1S/C17H13NS.2ClH/c1-2-7-14-13(6-1)16(15-8-10-19-17(14)15)11-12-5-3-4-9-18-12;;/h1-9H,10-11H2;2*1H. The molecule has 1 aliphatic carbocycles. The van der Waals surface area contributed by atoms with Gasteiger partial charge in [0.1, 0.15) is 0 Å². The molecule has 0 saturated carbocycles. The summed E-state index contributed by atoms with van der Waals surface area (Å²) >= 11 is 1.95. The molecule has 21 heavy (non-hydrogen) atoms. The number of halogens is 2. The molecule has 0 amide bonds. The van der Waals surface area contributed by atoms with Crippen molar-refractivity contribution in [2.24, 2.45) is 0 Å². The Bertz CT molecular complexity index is 797. The summed E-state index contributed by atoms with van der Waals surface area (Å²) in [5.74, 6) is 1.10. The fourth-order valence-electron chi connectivity index (χ4n) is 2.83. The van der Waals surface area contributed by atoms with Crippen LogP contribution in [0.15, 0.2) is 60.3 Å². The summed E-state index contributed by atoms with van der Waals surface area (Å²) in [5.41, 5.74) is 4.03. The van der Waals surface area contributed by atoms with Crippen LogP contribution in [0.1, 0.15) is 5.69 Å². The fourth-order valence-corrected chi connectivity index (χ4v) is 3.94. The largest absolute Gasteiger partial charge is 0.261 e. The third kappa shape index (κ3) is 2.76. The Morgan fingerprint density at radius 3 is 2.48 bits per heavy atom. The van der Waals surface area contributed by atoms with Gasteiger partial charge in [-0.2, -0.15) is 0 Å². The van der Waals surface area contributed by atoms with Crippen LogP contribution in [0.25, 0.3) is 10.5 Å². The zero-order valence-electron chi connectivity index (χ0n) is 11.3. The third-order valence-corrected chi connectivity index (χ3v) is 4.73. The Labute approximate surface area is 140 Å². The van der Waals surface area contributed by atoms with Gasteiger partial charge in [0.2, 0.25) is 0 Å². The van der Waals surface area contributed by atoms with Crippen LogP contribution in [0.2, 0.25) is 0 Å². The van der Waals surface area contributed by atoms with E-state index in [1.165, 1.54) is 26.5 Å². The lowest BCUT2D eigenvalue weighted by molar-refractivity contribution is 1.12. The molecule has 1 nitrogen and oxygen atoms in total. The Kier molecular flexibility index (Phi) is 5.15. The molecule has 1 aromatic heterocycles. The first-order valence-corrected chi connectivity index (χ1v) is 7.48. The summed E-state index contributed by atoms with van der Waals surface area (Å²) in [7, 11) is 0. The number of thioether (sulfide) groups is 1. The molecule has 1 aromatic carbocycles. The quantitative estimate of drug-likeness (QED) is 0.836. The van der Waals surface area contributed by atoms with E-state index in [0.717, 1.165) is 17.9 Å². The second-order valence-corrected chi connectivity index (χ2v) is 5.81. The molecule has 4 heteroatoms. The van der Waals surface area contributed by atoms with Gasteiger partial charge in [-0.25, -0.2) is 0 Å². The van der Waals surface area contributed by atoms with Gasteiger partial charge in [-0.3, -0.25) is 4.98 Å². The van der Waals surface area contributed by atoms with Crippen molar-refractivity contribution in [3.05, 3.63) is 76.4 Å². The normalized spacial score (nSPS) is 14.8. The number of benzene rings is 1. The van der Waals surface area contributed by atoms with Gasteiger partial charge < -0.3 is 0 Å². The molecule has 0 spiro atoms. The highest BCUT2D eigenvalue weighted by molar-refractivity contribution is 8.08. The molecule has 2 aliphatic rings. The lowest BCUT2D eigenvalue weighted by Gasteiger charge is -2.05. The van der Waals surface area contributed by atoms with E-state index in [1.807, 2.05) is 24.0 Å². The summed E-state index contributed by atoms with van der Waals surface area (Å²) in [6.07, 6.45) is 5.16. The van der Waals surface area contributed by atoms with Crippen LogP contribution in [0, 0.1) is 0 Å². The van der Waals surface area contributed by atoms with Crippen LogP contribution in [-0.4, -0.2) is 10.7 Å². The highest BCUT2D eigenvalue weighted by atomic mass is 35.5. The average Bonchev–Trinajstić information content (AvgIpc) is 3.04. The highest BCUT2D eigenvalue weighted by Crippen LogP contribution is 2.38. The minimum Gasteiger partial charge on any atom is -0.261 e. The van der Waals surface area contributed by atoms with Crippen molar-refractivity contribution in [2.75, 3.05) is 5.75 Å². The van der Waals surface area contributed by atoms with Gasteiger partial charge in [-0.15, -0.1) is 36.6 Å². The molecule has 0 radical (unpaired) electrons. The number of aromatic nitrogens is 1. The molecule has 4 rings (SSSR count). The molecule has 0 atom stereocenters. The van der Waals surface area contributed by atoms with E-state index in [2.05, 4.69) is 47.5 Å². The van der Waals surface area contributed by atoms with E-state index in [0.29, 0.717) is 0 Å². The summed E-state index contributed by atoms with van der Waals surface area (Å²) in [6, 6.07) is 14.9. The van der Waals surface area contributed by atoms with Crippen molar-refractivity contribution < 1.29 is 0 Å². The van der Waals surface area contributed by atoms with Crippen molar-refractivity contribution in [2.45, 2.75) is 6.42 Å². The first-order valence-electron chi connectivity index (χ1n) is 6.49. The van der Waals surface area contributed by atoms with E-state index >= 15 is 0 Å². The van der Waals surface area contributed by atoms with Crippen LogP contribution < -0.4 is 10.4 Å². The van der Waals surface area contributed by atoms with Crippen LogP contribution in [0.4, 0.5) is 0 Å². The van der Waals surface area contributed by atoms with Crippen molar-refractivity contribution in [3.63, 3.8) is 0 Å². The van der Waals surface area contributed by atoms with Gasteiger partial charge >= 0.3 is 0 Å². The number of hydrogen-bond donors (Lipinski definition) is 0. The van der Waals surface area contributed by atoms with Crippen molar-refractivity contribution in [1.29, 1.82) is 0 Å². The molecule has 0 unspecified atom stereocenters. The summed E-state index contributed by atoms with van der Waals surface area (Å²) in [4.78, 5) is 5.92. The lowest BCUT2D eigenvalue weighted by Crippen LogP contribution is -2.23. The molecule has 0 fully saturated rings. The van der Waals surface area contributed by atoms with Crippen LogP contribution in [0.5, 0.6) is 0 Å². The first kappa shape index (κ1) is 16.2. The number of hydrogen-bond acceptors (Lipinski definition) is 2. The van der Waals surface area contributed by atoms with E-state index < -0.39 is 0 Å². The smallest absolute Gasteiger partial charge is 0.0447 e. The Morgan fingerprint density at radius 1 is 0.952 bits per heavy atom. The highest BCUT2D eigenvalue weighted by Gasteiger charge is 2.23. The summed E-state index contributed by atoms with van der Waals surface area (Å²) < 4.78 is 0. The van der Waals surface area contributed by atoms with E-state index in [4.69, 9.17) is 0 Å². The fraction of sp³-hybridized carbons (Fsp3) is 0.118. The number of rotatable bonds is 2. The Morgan fingerprint density at radius 2 is 1.71 bits per heavy atom. The predicted octanol–water partition coefficient (Wildman–Crippen LogP) is 3.11. The second kappa shape index (κ2) is 6.69. The minimum atomic E-state index is 0. The number of nitrogens with zero attached hydrogens (tertiary/aromatic N) is 1. The van der Waals surface area contributed by atoms with Gasteiger partial charge in [0, 0.05) is 29.0 Å². The van der Waals surface area contributed by atoms with Gasteiger partial charge in [-0.05, 0) is 33.7 Å². The average molecular weight is 336 g/mol. The van der Waals surface area contributed by atoms with Gasteiger partial charge in [0.25, 0.3) is 0 Å². The molecular weight excluding hydrogens is 321 g/mol. The Balaban J connectivity index is 0.000000807. The first-order chi connectivity index (χ1) is 9.43. The van der Waals surface area contributed by atoms with Crippen LogP contribution >= 0.6 is 36.6 Å². The monoisotopic (exact) mass is 335 g/mol. The molecular formula is C17H15Cl2NS. The summed E-state index contributed by atoms with van der Waals surface area (Å²) in [6.45, 7) is 0. The second-order valence-electron chi connectivity index (χ2n) is 4.78. The zero-order chi connectivity index (χ0) is 12.7. The molecule has 108 valence electrons. The molecule has 0 N–H and O–H groups in total. The third-order valence-electron chi connectivity index (χ3n) is 3.67. The maximum Gasteiger partial charge on any atom is 0.0447 e. The van der Waals surface area contributed by atoms with Crippen molar-refractivity contribution >= 4 is 47.1 Å². The van der Waals surface area contributed by atoms with Gasteiger partial charge in [-0.1, -0.05) is 36.4 Å². The minimum absolute atomic E-state index is 0. The molecule has 0 saturated heterocycles. The SMILES string of the molecule is C1=C2C(Cc3ccccn3)=c3ccccc3=C2SC1.Cl.Cl. The van der Waals surface area contributed by atoms with Crippen molar-refractivity contribution in [1.82, 2.24) is 4.98 Å². The molecule has 2 heterocycles. The molecule has 1 aliphatic heterocycles. The van der Waals surface area contributed by atoms with Crippen molar-refractivity contribution in [3.8, 4) is 0 Å². The number of pyridine rings is 1. The lowest BCUT2D eigenvalue weighted by atomic mass is 10.0. The predicted molar refractivity (Wildman–Crippen MR) is 95.5 cm³/mol. The molecule has 2 aromatic rings. The zero-order valence-corrected chi connectivity index (χ0v) is 13.7.